The molecule has 0 saturated carbocycles. The molecule has 2 heterocycles. The van der Waals surface area contributed by atoms with Crippen molar-refractivity contribution >= 4 is 27.7 Å². The van der Waals surface area contributed by atoms with Crippen LogP contribution in [0, 0.1) is 0 Å². The molecule has 1 unspecified atom stereocenters. The lowest BCUT2D eigenvalue weighted by molar-refractivity contribution is 0.0952. The van der Waals surface area contributed by atoms with Crippen molar-refractivity contribution in [3.05, 3.63) is 52.3 Å². The predicted molar refractivity (Wildman–Crippen MR) is 114 cm³/mol. The molecule has 1 aliphatic rings. The monoisotopic (exact) mass is 436 g/mol. The minimum atomic E-state index is -0.547. The Morgan fingerprint density at radius 1 is 1.44 bits per heavy atom. The van der Waals surface area contributed by atoms with Gasteiger partial charge in [0, 0.05) is 17.2 Å². The average molecular weight is 437 g/mol. The lowest BCUT2D eigenvalue weighted by Gasteiger charge is -2.31. The minimum absolute atomic E-state index is 0.226. The van der Waals surface area contributed by atoms with Gasteiger partial charge in [-0.1, -0.05) is 39.0 Å². The predicted octanol–water partition coefficient (Wildman–Crippen LogP) is 3.64. The first-order valence-corrected chi connectivity index (χ1v) is 9.93. The molecule has 0 bridgehead atoms. The number of rotatable bonds is 6. The van der Waals surface area contributed by atoms with Crippen molar-refractivity contribution in [3.63, 3.8) is 0 Å². The van der Waals surface area contributed by atoms with Crippen LogP contribution in [0.5, 0.6) is 0 Å². The maximum absolute atomic E-state index is 12.2. The molecule has 0 spiro atoms. The highest BCUT2D eigenvalue weighted by molar-refractivity contribution is 9.10. The van der Waals surface area contributed by atoms with Crippen LogP contribution in [0.4, 0.5) is 0 Å². The second-order valence-electron chi connectivity index (χ2n) is 5.91. The summed E-state index contributed by atoms with van der Waals surface area (Å²) in [6.07, 6.45) is 8.50. The Kier molecular flexibility index (Phi) is 9.96. The van der Waals surface area contributed by atoms with Crippen molar-refractivity contribution in [1.29, 1.82) is 0 Å². The third-order valence-corrected chi connectivity index (χ3v) is 4.19. The van der Waals surface area contributed by atoms with Crippen LogP contribution in [-0.4, -0.2) is 42.0 Å². The van der Waals surface area contributed by atoms with Gasteiger partial charge in [0.1, 0.15) is 23.7 Å². The second kappa shape index (κ2) is 11.7. The molecular formula is C20H29BrN4O2. The summed E-state index contributed by atoms with van der Waals surface area (Å²) in [4.78, 5) is 20.8. The van der Waals surface area contributed by atoms with E-state index in [0.717, 1.165) is 16.5 Å². The van der Waals surface area contributed by atoms with E-state index < -0.39 is 5.54 Å². The molecule has 148 valence electrons. The Hall–Kier alpha value is -1.99. The van der Waals surface area contributed by atoms with Gasteiger partial charge < -0.3 is 15.8 Å². The quantitative estimate of drug-likeness (QED) is 0.665. The molecule has 0 saturated heterocycles. The molecule has 0 aliphatic carbocycles. The molecule has 0 fully saturated rings. The smallest absolute Gasteiger partial charge is 0.270 e. The molecule has 27 heavy (non-hydrogen) atoms. The summed E-state index contributed by atoms with van der Waals surface area (Å²) in [5.41, 5.74) is 6.62. The van der Waals surface area contributed by atoms with Crippen LogP contribution in [0.3, 0.4) is 0 Å². The minimum Gasteiger partial charge on any atom is -0.386 e. The molecule has 3 N–H and O–H groups in total. The number of nitrogens with two attached hydrogens (primary N) is 1. The highest BCUT2D eigenvalue weighted by atomic mass is 79.9. The molecule has 1 aromatic rings. The Morgan fingerprint density at radius 2 is 2.19 bits per heavy atom. The fourth-order valence-electron chi connectivity index (χ4n) is 2.45. The number of aliphatic imine (C=N–C) groups is 1. The number of amidine groups is 1. The molecule has 1 atom stereocenters. The molecule has 7 heteroatoms. The summed E-state index contributed by atoms with van der Waals surface area (Å²) in [7, 11) is 0. The van der Waals surface area contributed by atoms with E-state index in [0.29, 0.717) is 31.3 Å². The molecule has 1 amide bonds. The van der Waals surface area contributed by atoms with Crippen LogP contribution in [-0.2, 0) is 4.74 Å². The van der Waals surface area contributed by atoms with E-state index in [9.17, 15) is 4.79 Å². The number of halogens is 1. The van der Waals surface area contributed by atoms with E-state index in [2.05, 4.69) is 44.2 Å². The van der Waals surface area contributed by atoms with Gasteiger partial charge in [-0.2, -0.15) is 0 Å². The molecule has 1 aromatic heterocycles. The first-order valence-electron chi connectivity index (χ1n) is 9.13. The summed E-state index contributed by atoms with van der Waals surface area (Å²) < 4.78 is 6.36. The van der Waals surface area contributed by atoms with Gasteiger partial charge >= 0.3 is 0 Å². The van der Waals surface area contributed by atoms with Crippen LogP contribution in [0.1, 0.15) is 44.6 Å². The van der Waals surface area contributed by atoms with Crippen molar-refractivity contribution in [2.24, 2.45) is 10.7 Å². The summed E-state index contributed by atoms with van der Waals surface area (Å²) in [6.45, 7) is 9.21. The maximum Gasteiger partial charge on any atom is 0.270 e. The summed E-state index contributed by atoms with van der Waals surface area (Å²) in [5.74, 6) is 0.253. The standard InChI is InChI=1S/C18H23BrN4O2.C2H6/c1-3-4-5-13(18(2)12-25-11-16(20)23-18)8-9-21-17(24)15-7-6-14(19)10-22-15;1-2/h4-8,10H,3,9,11-12H2,1-2H3,(H2,20,23)(H,21,24);1-2H3/b5-4-,13-8+;. The van der Waals surface area contributed by atoms with Crippen LogP contribution in [0.25, 0.3) is 0 Å². The molecular weight excluding hydrogens is 408 g/mol. The van der Waals surface area contributed by atoms with E-state index in [1.807, 2.05) is 32.9 Å². The van der Waals surface area contributed by atoms with Crippen molar-refractivity contribution in [3.8, 4) is 0 Å². The van der Waals surface area contributed by atoms with Gasteiger partial charge in [-0.15, -0.1) is 0 Å². The topological polar surface area (TPSA) is 89.6 Å². The summed E-state index contributed by atoms with van der Waals surface area (Å²) in [5, 5.41) is 2.85. The third kappa shape index (κ3) is 7.27. The largest absolute Gasteiger partial charge is 0.386 e. The number of nitrogens with one attached hydrogen (secondary N) is 1. The highest BCUT2D eigenvalue weighted by Crippen LogP contribution is 2.25. The van der Waals surface area contributed by atoms with Crippen molar-refractivity contribution in [1.82, 2.24) is 10.3 Å². The van der Waals surface area contributed by atoms with Crippen molar-refractivity contribution in [2.75, 3.05) is 19.8 Å². The number of pyridine rings is 1. The average Bonchev–Trinajstić information content (AvgIpc) is 2.66. The van der Waals surface area contributed by atoms with E-state index in [-0.39, 0.29) is 5.91 Å². The summed E-state index contributed by atoms with van der Waals surface area (Å²) >= 11 is 3.30. The first-order chi connectivity index (χ1) is 12.9. The fourth-order valence-corrected chi connectivity index (χ4v) is 2.68. The number of allylic oxidation sites excluding steroid dienone is 1. The molecule has 2 rings (SSSR count). The lowest BCUT2D eigenvalue weighted by atomic mass is 9.91. The zero-order valence-electron chi connectivity index (χ0n) is 16.5. The Labute approximate surface area is 170 Å². The molecule has 6 nitrogen and oxygen atoms in total. The highest BCUT2D eigenvalue weighted by Gasteiger charge is 2.30. The van der Waals surface area contributed by atoms with Gasteiger partial charge in [0.05, 0.1) is 6.61 Å². The summed E-state index contributed by atoms with van der Waals surface area (Å²) in [6, 6.07) is 3.45. The fraction of sp³-hybridized carbons (Fsp3) is 0.450. The van der Waals surface area contributed by atoms with Gasteiger partial charge in [0.15, 0.2) is 0 Å². The van der Waals surface area contributed by atoms with Gasteiger partial charge in [-0.25, -0.2) is 4.98 Å². The van der Waals surface area contributed by atoms with Crippen molar-refractivity contribution in [2.45, 2.75) is 39.7 Å². The molecule has 0 aromatic carbocycles. The van der Waals surface area contributed by atoms with Crippen LogP contribution in [0.2, 0.25) is 0 Å². The van der Waals surface area contributed by atoms with Gasteiger partial charge in [-0.05, 0) is 47.0 Å². The van der Waals surface area contributed by atoms with Gasteiger partial charge in [0.2, 0.25) is 0 Å². The van der Waals surface area contributed by atoms with Crippen molar-refractivity contribution < 1.29 is 9.53 Å². The number of carbonyl (C=O) groups is 1. The first kappa shape index (κ1) is 23.0. The number of hydrogen-bond donors (Lipinski definition) is 2. The van der Waals surface area contributed by atoms with Gasteiger partial charge in [0.25, 0.3) is 5.91 Å². The molecule has 1 aliphatic heterocycles. The van der Waals surface area contributed by atoms with E-state index in [1.54, 1.807) is 18.3 Å². The van der Waals surface area contributed by atoms with E-state index in [4.69, 9.17) is 10.5 Å². The number of ether oxygens (including phenoxy) is 1. The zero-order valence-corrected chi connectivity index (χ0v) is 18.0. The van der Waals surface area contributed by atoms with Crippen LogP contribution < -0.4 is 11.1 Å². The second-order valence-corrected chi connectivity index (χ2v) is 6.83. The number of carbonyl (C=O) groups excluding carboxylic acids is 1. The number of amides is 1. The lowest BCUT2D eigenvalue weighted by Crippen LogP contribution is -2.41. The van der Waals surface area contributed by atoms with Crippen LogP contribution in [0.15, 0.2) is 51.6 Å². The van der Waals surface area contributed by atoms with E-state index >= 15 is 0 Å². The van der Waals surface area contributed by atoms with Gasteiger partial charge in [-0.3, -0.25) is 9.79 Å². The van der Waals surface area contributed by atoms with E-state index in [1.165, 1.54) is 0 Å². The SMILES string of the molecule is CC.CC/C=C\C(=C/CNC(=O)c1ccc(Br)cn1)C1(C)COCC(N)=N1. The number of nitrogens with zero attached hydrogens (tertiary/aromatic N) is 2. The number of hydrogen-bond acceptors (Lipinski definition) is 5. The third-order valence-electron chi connectivity index (χ3n) is 3.72. The maximum atomic E-state index is 12.2. The normalized spacial score (nSPS) is 19.9. The Morgan fingerprint density at radius 3 is 2.78 bits per heavy atom. The molecule has 0 radical (unpaired) electrons. The zero-order chi connectivity index (χ0) is 20.3. The number of aromatic nitrogens is 1. The Bertz CT molecular complexity index is 698. The van der Waals surface area contributed by atoms with Crippen LogP contribution >= 0.6 is 15.9 Å². The Balaban J connectivity index is 0.00000176.